The molecule has 0 spiro atoms. The lowest BCUT2D eigenvalue weighted by Gasteiger charge is -2.00. The number of hydrogen-bond acceptors (Lipinski definition) is 3. The Kier molecular flexibility index (Phi) is 4.50. The quantitative estimate of drug-likeness (QED) is 0.727. The van der Waals surface area contributed by atoms with Crippen LogP contribution in [0.2, 0.25) is 10.0 Å². The van der Waals surface area contributed by atoms with Crippen molar-refractivity contribution in [1.29, 1.82) is 0 Å². The molecule has 2 rings (SSSR count). The molecular weight excluding hydrogens is 303 g/mol. The number of aryl methyl sites for hydroxylation is 1. The van der Waals surface area contributed by atoms with Crippen LogP contribution >= 0.6 is 34.5 Å². The van der Waals surface area contributed by atoms with E-state index in [0.29, 0.717) is 22.2 Å². The second-order valence-corrected chi connectivity index (χ2v) is 6.09. The van der Waals surface area contributed by atoms with Crippen LogP contribution in [-0.2, 0) is 4.74 Å². The van der Waals surface area contributed by atoms with Crippen molar-refractivity contribution in [1.82, 2.24) is 0 Å². The molecule has 0 saturated heterocycles. The van der Waals surface area contributed by atoms with Crippen molar-refractivity contribution in [2.24, 2.45) is 0 Å². The Morgan fingerprint density at radius 2 is 1.84 bits per heavy atom. The van der Waals surface area contributed by atoms with Crippen LogP contribution in [-0.4, -0.2) is 12.6 Å². The highest BCUT2D eigenvalue weighted by Crippen LogP contribution is 2.34. The van der Waals surface area contributed by atoms with E-state index in [4.69, 9.17) is 27.9 Å². The minimum Gasteiger partial charge on any atom is -0.462 e. The molecule has 0 atom stereocenters. The molecule has 19 heavy (non-hydrogen) atoms. The van der Waals surface area contributed by atoms with Crippen LogP contribution in [0.5, 0.6) is 0 Å². The predicted octanol–water partition coefficient (Wildman–Crippen LogP) is 5.21. The Labute approximate surface area is 125 Å². The second kappa shape index (κ2) is 5.95. The van der Waals surface area contributed by atoms with E-state index in [9.17, 15) is 4.79 Å². The smallest absolute Gasteiger partial charge is 0.339 e. The summed E-state index contributed by atoms with van der Waals surface area (Å²) in [5, 5.41) is 1.15. The summed E-state index contributed by atoms with van der Waals surface area (Å²) >= 11 is 13.5. The maximum absolute atomic E-state index is 11.8. The molecular formula is C14H12Cl2O2S. The van der Waals surface area contributed by atoms with Crippen molar-refractivity contribution in [2.45, 2.75) is 13.8 Å². The fourth-order valence-corrected chi connectivity index (χ4v) is 3.25. The van der Waals surface area contributed by atoms with Gasteiger partial charge in [-0.15, -0.1) is 11.3 Å². The predicted molar refractivity (Wildman–Crippen MR) is 80.5 cm³/mol. The molecule has 1 aromatic heterocycles. The lowest BCUT2D eigenvalue weighted by Crippen LogP contribution is -2.04. The largest absolute Gasteiger partial charge is 0.462 e. The van der Waals surface area contributed by atoms with Gasteiger partial charge in [0.2, 0.25) is 0 Å². The van der Waals surface area contributed by atoms with Gasteiger partial charge >= 0.3 is 5.97 Å². The summed E-state index contributed by atoms with van der Waals surface area (Å²) in [5.41, 5.74) is 1.50. The van der Waals surface area contributed by atoms with Gasteiger partial charge in [-0.05, 0) is 43.7 Å². The van der Waals surface area contributed by atoms with E-state index in [1.54, 1.807) is 13.0 Å². The Balaban J connectivity index is 2.41. The van der Waals surface area contributed by atoms with Crippen LogP contribution in [0.1, 0.15) is 22.2 Å². The molecule has 0 aliphatic carbocycles. The third-order valence-corrected chi connectivity index (χ3v) is 4.10. The van der Waals surface area contributed by atoms with Gasteiger partial charge in [0.25, 0.3) is 0 Å². The topological polar surface area (TPSA) is 26.3 Å². The highest BCUT2D eigenvalue weighted by atomic mass is 35.5. The Morgan fingerprint density at radius 3 is 2.42 bits per heavy atom. The number of hydrogen-bond donors (Lipinski definition) is 0. The standard InChI is InChI=1S/C14H12Cl2O2S/c1-3-18-14(17)12-7-13(19-8(12)2)9-4-10(15)6-11(16)5-9/h4-7H,3H2,1-2H3. The van der Waals surface area contributed by atoms with Crippen LogP contribution in [0.25, 0.3) is 10.4 Å². The van der Waals surface area contributed by atoms with E-state index in [2.05, 4.69) is 0 Å². The van der Waals surface area contributed by atoms with Crippen molar-refractivity contribution in [3.05, 3.63) is 44.8 Å². The zero-order valence-electron chi connectivity index (χ0n) is 10.5. The van der Waals surface area contributed by atoms with Gasteiger partial charge in [0.1, 0.15) is 0 Å². The van der Waals surface area contributed by atoms with Gasteiger partial charge in [-0.2, -0.15) is 0 Å². The summed E-state index contributed by atoms with van der Waals surface area (Å²) in [4.78, 5) is 13.6. The van der Waals surface area contributed by atoms with Crippen LogP contribution in [0.15, 0.2) is 24.3 Å². The lowest BCUT2D eigenvalue weighted by molar-refractivity contribution is 0.0526. The fourth-order valence-electron chi connectivity index (χ4n) is 1.73. The molecule has 0 bridgehead atoms. The van der Waals surface area contributed by atoms with Gasteiger partial charge in [-0.1, -0.05) is 23.2 Å². The van der Waals surface area contributed by atoms with Gasteiger partial charge < -0.3 is 4.74 Å². The SMILES string of the molecule is CCOC(=O)c1cc(-c2cc(Cl)cc(Cl)c2)sc1C. The van der Waals surface area contributed by atoms with Crippen molar-refractivity contribution < 1.29 is 9.53 Å². The first kappa shape index (κ1) is 14.4. The summed E-state index contributed by atoms with van der Waals surface area (Å²) in [6.07, 6.45) is 0. The number of esters is 1. The molecule has 1 aromatic carbocycles. The highest BCUT2D eigenvalue weighted by Gasteiger charge is 2.15. The molecule has 1 heterocycles. The van der Waals surface area contributed by atoms with Crippen LogP contribution < -0.4 is 0 Å². The van der Waals surface area contributed by atoms with Crippen molar-refractivity contribution in [2.75, 3.05) is 6.61 Å². The average molecular weight is 315 g/mol. The van der Waals surface area contributed by atoms with Crippen molar-refractivity contribution in [3.63, 3.8) is 0 Å². The van der Waals surface area contributed by atoms with Crippen molar-refractivity contribution >= 4 is 40.5 Å². The molecule has 0 aliphatic rings. The van der Waals surface area contributed by atoms with Gasteiger partial charge in [0, 0.05) is 19.8 Å². The van der Waals surface area contributed by atoms with E-state index < -0.39 is 0 Å². The van der Waals surface area contributed by atoms with E-state index >= 15 is 0 Å². The monoisotopic (exact) mass is 314 g/mol. The average Bonchev–Trinajstić information content (AvgIpc) is 2.70. The molecule has 0 N–H and O–H groups in total. The third-order valence-electron chi connectivity index (χ3n) is 2.56. The summed E-state index contributed by atoms with van der Waals surface area (Å²) in [6, 6.07) is 7.15. The molecule has 5 heteroatoms. The maximum atomic E-state index is 11.8. The maximum Gasteiger partial charge on any atom is 0.339 e. The number of halogens is 2. The van der Waals surface area contributed by atoms with Crippen molar-refractivity contribution in [3.8, 4) is 10.4 Å². The number of carbonyl (C=O) groups excluding carboxylic acids is 1. The number of ether oxygens (including phenoxy) is 1. The molecule has 2 aromatic rings. The molecule has 2 nitrogen and oxygen atoms in total. The Morgan fingerprint density at radius 1 is 1.21 bits per heavy atom. The summed E-state index contributed by atoms with van der Waals surface area (Å²) in [6.45, 7) is 4.05. The third kappa shape index (κ3) is 3.30. The second-order valence-electron chi connectivity index (χ2n) is 3.96. The molecule has 0 fully saturated rings. The van der Waals surface area contributed by atoms with Gasteiger partial charge in [-0.25, -0.2) is 4.79 Å². The summed E-state index contributed by atoms with van der Waals surface area (Å²) in [7, 11) is 0. The van der Waals surface area contributed by atoms with Gasteiger partial charge in [0.05, 0.1) is 12.2 Å². The van der Waals surface area contributed by atoms with Crippen LogP contribution in [0.3, 0.4) is 0 Å². The van der Waals surface area contributed by atoms with Gasteiger partial charge in [-0.3, -0.25) is 0 Å². The zero-order valence-corrected chi connectivity index (χ0v) is 12.8. The van der Waals surface area contributed by atoms with E-state index in [0.717, 1.165) is 15.3 Å². The van der Waals surface area contributed by atoms with E-state index in [1.165, 1.54) is 11.3 Å². The van der Waals surface area contributed by atoms with E-state index in [-0.39, 0.29) is 5.97 Å². The highest BCUT2D eigenvalue weighted by molar-refractivity contribution is 7.15. The van der Waals surface area contributed by atoms with Gasteiger partial charge in [0.15, 0.2) is 0 Å². The normalized spacial score (nSPS) is 10.5. The molecule has 100 valence electrons. The van der Waals surface area contributed by atoms with Crippen LogP contribution in [0.4, 0.5) is 0 Å². The van der Waals surface area contributed by atoms with E-state index in [1.807, 2.05) is 25.1 Å². The fraction of sp³-hybridized carbons (Fsp3) is 0.214. The molecule has 0 saturated carbocycles. The number of thiophene rings is 1. The Bertz CT molecular complexity index is 600. The minimum absolute atomic E-state index is 0.296. The first-order chi connectivity index (χ1) is 9.01. The molecule has 0 aliphatic heterocycles. The summed E-state index contributed by atoms with van der Waals surface area (Å²) in [5.74, 6) is -0.296. The number of carbonyl (C=O) groups is 1. The first-order valence-corrected chi connectivity index (χ1v) is 7.32. The number of benzene rings is 1. The number of rotatable bonds is 3. The Hall–Kier alpha value is -1.03. The minimum atomic E-state index is -0.296. The molecule has 0 radical (unpaired) electrons. The molecule has 0 unspecified atom stereocenters. The zero-order chi connectivity index (χ0) is 14.0. The van der Waals surface area contributed by atoms with Crippen LogP contribution in [0, 0.1) is 6.92 Å². The first-order valence-electron chi connectivity index (χ1n) is 5.75. The lowest BCUT2D eigenvalue weighted by atomic mass is 10.1. The molecule has 0 amide bonds. The summed E-state index contributed by atoms with van der Waals surface area (Å²) < 4.78 is 5.02.